The molecule has 3 rings (SSSR count). The predicted molar refractivity (Wildman–Crippen MR) is 99.2 cm³/mol. The van der Waals surface area contributed by atoms with Crippen molar-refractivity contribution in [3.8, 4) is 17.0 Å². The van der Waals surface area contributed by atoms with Crippen molar-refractivity contribution in [1.82, 2.24) is 10.3 Å². The van der Waals surface area contributed by atoms with Gasteiger partial charge in [-0.1, -0.05) is 0 Å². The lowest BCUT2D eigenvalue weighted by atomic mass is 10.1. The molecule has 134 valence electrons. The molecular formula is C17H22N4O3S. The zero-order chi connectivity index (χ0) is 17.8. The molecule has 7 nitrogen and oxygen atoms in total. The Balaban J connectivity index is 1.80. The summed E-state index contributed by atoms with van der Waals surface area (Å²) in [6.07, 6.45) is 0.0139. The predicted octanol–water partition coefficient (Wildman–Crippen LogP) is 1.74. The molecule has 0 spiro atoms. The van der Waals surface area contributed by atoms with E-state index in [9.17, 15) is 4.79 Å². The molecule has 0 aliphatic carbocycles. The van der Waals surface area contributed by atoms with E-state index in [1.165, 1.54) is 11.3 Å². The number of benzene rings is 1. The lowest BCUT2D eigenvalue weighted by Gasteiger charge is -2.34. The van der Waals surface area contributed by atoms with Gasteiger partial charge in [0.05, 0.1) is 31.1 Å². The first kappa shape index (κ1) is 17.5. The summed E-state index contributed by atoms with van der Waals surface area (Å²) in [5.74, 6) is 0.732. The van der Waals surface area contributed by atoms with Crippen LogP contribution in [0.15, 0.2) is 23.6 Å². The summed E-state index contributed by atoms with van der Waals surface area (Å²) < 4.78 is 10.9. The summed E-state index contributed by atoms with van der Waals surface area (Å²) in [5.41, 5.74) is 8.41. The number of rotatable bonds is 6. The largest absolute Gasteiger partial charge is 0.487 e. The number of nitrogens with zero attached hydrogens (tertiary/aromatic N) is 2. The van der Waals surface area contributed by atoms with Crippen molar-refractivity contribution in [3.63, 3.8) is 0 Å². The van der Waals surface area contributed by atoms with E-state index in [1.807, 2.05) is 35.4 Å². The molecule has 0 saturated carbocycles. The number of nitrogens with one attached hydrogen (secondary N) is 1. The Morgan fingerprint density at radius 1 is 1.56 bits per heavy atom. The molecular weight excluding hydrogens is 340 g/mol. The number of carbonyl (C=O) groups is 1. The van der Waals surface area contributed by atoms with Crippen LogP contribution in [-0.2, 0) is 9.53 Å². The third kappa shape index (κ3) is 4.21. The quantitative estimate of drug-likeness (QED) is 0.761. The number of hydrogen-bond acceptors (Lipinski definition) is 7. The van der Waals surface area contributed by atoms with Gasteiger partial charge in [-0.05, 0) is 25.1 Å². The molecule has 0 fully saturated rings. The average molecular weight is 362 g/mol. The minimum Gasteiger partial charge on any atom is -0.487 e. The molecule has 1 amide bonds. The van der Waals surface area contributed by atoms with Crippen LogP contribution in [0.1, 0.15) is 6.92 Å². The normalized spacial score (nSPS) is 16.2. The van der Waals surface area contributed by atoms with Gasteiger partial charge >= 0.3 is 0 Å². The van der Waals surface area contributed by atoms with Crippen LogP contribution in [0.25, 0.3) is 11.3 Å². The minimum absolute atomic E-state index is 0.0139. The van der Waals surface area contributed by atoms with Crippen LogP contribution in [0.5, 0.6) is 5.75 Å². The Morgan fingerprint density at radius 3 is 3.12 bits per heavy atom. The van der Waals surface area contributed by atoms with Crippen LogP contribution in [0.3, 0.4) is 0 Å². The SMILES string of the molecule is COCCNC(=O)CN1CC(C)Oc2ccc(-c3csc(N)n3)cc21. The molecule has 1 aromatic heterocycles. The van der Waals surface area contributed by atoms with E-state index in [0.717, 1.165) is 22.7 Å². The number of thiazole rings is 1. The number of aromatic nitrogens is 1. The molecule has 25 heavy (non-hydrogen) atoms. The Kier molecular flexibility index (Phi) is 5.40. The number of anilines is 2. The molecule has 1 aromatic carbocycles. The molecule has 2 heterocycles. The minimum atomic E-state index is -0.0413. The molecule has 1 aliphatic heterocycles. The Morgan fingerprint density at radius 2 is 2.40 bits per heavy atom. The van der Waals surface area contributed by atoms with Gasteiger partial charge in [0.25, 0.3) is 0 Å². The zero-order valence-corrected chi connectivity index (χ0v) is 15.1. The van der Waals surface area contributed by atoms with E-state index in [2.05, 4.69) is 10.3 Å². The third-order valence-corrected chi connectivity index (χ3v) is 4.56. The number of ether oxygens (including phenoxy) is 2. The van der Waals surface area contributed by atoms with Gasteiger partial charge in [-0.2, -0.15) is 0 Å². The van der Waals surface area contributed by atoms with Gasteiger partial charge in [0.1, 0.15) is 11.9 Å². The Bertz CT molecular complexity index is 749. The summed E-state index contributed by atoms with van der Waals surface area (Å²) >= 11 is 1.41. The molecule has 0 bridgehead atoms. The van der Waals surface area contributed by atoms with E-state index in [1.54, 1.807) is 7.11 Å². The van der Waals surface area contributed by atoms with Crippen LogP contribution in [0, 0.1) is 0 Å². The summed E-state index contributed by atoms with van der Waals surface area (Å²) in [4.78, 5) is 18.5. The number of nitrogen functional groups attached to an aromatic ring is 1. The van der Waals surface area contributed by atoms with Crippen LogP contribution in [0.2, 0.25) is 0 Å². The second-order valence-corrected chi connectivity index (χ2v) is 6.79. The van der Waals surface area contributed by atoms with Gasteiger partial charge in [-0.3, -0.25) is 4.79 Å². The second-order valence-electron chi connectivity index (χ2n) is 5.91. The standard InChI is InChI=1S/C17H22N4O3S/c1-11-8-21(9-16(22)19-5-6-23-2)14-7-12(3-4-15(14)24-11)13-10-25-17(18)20-13/h3-4,7,10-11H,5-6,8-9H2,1-2H3,(H2,18,20)(H,19,22). The van der Waals surface area contributed by atoms with Crippen molar-refractivity contribution in [2.75, 3.05) is 44.0 Å². The Labute approximate surface area is 150 Å². The van der Waals surface area contributed by atoms with Gasteiger partial charge < -0.3 is 25.4 Å². The molecule has 1 aliphatic rings. The number of nitrogens with two attached hydrogens (primary N) is 1. The molecule has 0 saturated heterocycles. The number of fused-ring (bicyclic) bond motifs is 1. The van der Waals surface area contributed by atoms with Gasteiger partial charge in [0.15, 0.2) is 5.13 Å². The van der Waals surface area contributed by atoms with E-state index in [0.29, 0.717) is 24.8 Å². The highest BCUT2D eigenvalue weighted by Gasteiger charge is 2.25. The molecule has 1 atom stereocenters. The van der Waals surface area contributed by atoms with Crippen molar-refractivity contribution in [2.45, 2.75) is 13.0 Å². The highest BCUT2D eigenvalue weighted by Crippen LogP contribution is 2.37. The molecule has 0 radical (unpaired) electrons. The van der Waals surface area contributed by atoms with Crippen molar-refractivity contribution in [2.24, 2.45) is 0 Å². The summed E-state index contributed by atoms with van der Waals surface area (Å²) in [6, 6.07) is 5.88. The van der Waals surface area contributed by atoms with Gasteiger partial charge in [-0.25, -0.2) is 4.98 Å². The van der Waals surface area contributed by atoms with Crippen LogP contribution >= 0.6 is 11.3 Å². The van der Waals surface area contributed by atoms with Crippen molar-refractivity contribution < 1.29 is 14.3 Å². The fourth-order valence-corrected chi connectivity index (χ4v) is 3.35. The second kappa shape index (κ2) is 7.71. The number of amides is 1. The van der Waals surface area contributed by atoms with E-state index in [4.69, 9.17) is 15.2 Å². The first-order chi connectivity index (χ1) is 12.1. The first-order valence-corrected chi connectivity index (χ1v) is 8.97. The maximum Gasteiger partial charge on any atom is 0.239 e. The maximum absolute atomic E-state index is 12.2. The smallest absolute Gasteiger partial charge is 0.239 e. The highest BCUT2D eigenvalue weighted by atomic mass is 32.1. The van der Waals surface area contributed by atoms with Crippen molar-refractivity contribution >= 4 is 28.1 Å². The third-order valence-electron chi connectivity index (χ3n) is 3.89. The zero-order valence-electron chi connectivity index (χ0n) is 14.3. The van der Waals surface area contributed by atoms with Gasteiger partial charge in [0.2, 0.25) is 5.91 Å². The van der Waals surface area contributed by atoms with E-state index < -0.39 is 0 Å². The molecule has 2 aromatic rings. The molecule has 3 N–H and O–H groups in total. The topological polar surface area (TPSA) is 89.7 Å². The lowest BCUT2D eigenvalue weighted by Crippen LogP contribution is -2.44. The number of hydrogen-bond donors (Lipinski definition) is 2. The Hall–Kier alpha value is -2.32. The lowest BCUT2D eigenvalue weighted by molar-refractivity contribution is -0.120. The van der Waals surface area contributed by atoms with Crippen molar-refractivity contribution in [1.29, 1.82) is 0 Å². The van der Waals surface area contributed by atoms with Crippen molar-refractivity contribution in [3.05, 3.63) is 23.6 Å². The van der Waals surface area contributed by atoms with Crippen LogP contribution < -0.4 is 20.7 Å². The maximum atomic E-state index is 12.2. The van der Waals surface area contributed by atoms with Gasteiger partial charge in [-0.15, -0.1) is 11.3 Å². The molecule has 8 heteroatoms. The molecule has 1 unspecified atom stereocenters. The first-order valence-electron chi connectivity index (χ1n) is 8.09. The van der Waals surface area contributed by atoms with Crippen LogP contribution in [-0.4, -0.2) is 50.3 Å². The number of carbonyl (C=O) groups excluding carboxylic acids is 1. The van der Waals surface area contributed by atoms with Gasteiger partial charge in [0, 0.05) is 24.6 Å². The monoisotopic (exact) mass is 362 g/mol. The van der Waals surface area contributed by atoms with E-state index >= 15 is 0 Å². The average Bonchev–Trinajstić information content (AvgIpc) is 3.01. The highest BCUT2D eigenvalue weighted by molar-refractivity contribution is 7.13. The van der Waals surface area contributed by atoms with Crippen LogP contribution in [0.4, 0.5) is 10.8 Å². The van der Waals surface area contributed by atoms with E-state index in [-0.39, 0.29) is 18.6 Å². The summed E-state index contributed by atoms with van der Waals surface area (Å²) in [7, 11) is 1.61. The fourth-order valence-electron chi connectivity index (χ4n) is 2.78. The number of methoxy groups -OCH3 is 1. The summed E-state index contributed by atoms with van der Waals surface area (Å²) in [5, 5.41) is 5.31. The fraction of sp³-hybridized carbons (Fsp3) is 0.412. The summed E-state index contributed by atoms with van der Waals surface area (Å²) in [6.45, 7) is 3.91.